The molecule has 3 nitrogen and oxygen atoms in total. The van der Waals surface area contributed by atoms with Crippen molar-refractivity contribution in [2.45, 2.75) is 25.9 Å². The first-order valence-corrected chi connectivity index (χ1v) is 6.70. The second-order valence-corrected chi connectivity index (χ2v) is 5.35. The van der Waals surface area contributed by atoms with Crippen LogP contribution in [0.1, 0.15) is 19.8 Å². The van der Waals surface area contributed by atoms with Gasteiger partial charge in [0.25, 0.3) is 0 Å². The summed E-state index contributed by atoms with van der Waals surface area (Å²) in [5, 5.41) is 10.4. The molecule has 1 aliphatic rings. The van der Waals surface area contributed by atoms with Gasteiger partial charge in [-0.15, -0.1) is 0 Å². The van der Waals surface area contributed by atoms with Gasteiger partial charge in [-0.05, 0) is 32.2 Å². The number of aliphatic hydroxyl groups excluding tert-OH is 1. The van der Waals surface area contributed by atoms with E-state index in [9.17, 15) is 5.11 Å². The summed E-state index contributed by atoms with van der Waals surface area (Å²) in [5.74, 6) is 0. The number of nitrogens with zero attached hydrogens (tertiary/aromatic N) is 1. The van der Waals surface area contributed by atoms with Crippen molar-refractivity contribution in [1.82, 2.24) is 4.90 Å². The lowest BCUT2D eigenvalue weighted by Gasteiger charge is -2.39. The van der Waals surface area contributed by atoms with E-state index in [1.54, 1.807) is 0 Å². The average molecular weight is 280 g/mol. The molecule has 0 bridgehead atoms. The van der Waals surface area contributed by atoms with Gasteiger partial charge >= 0.3 is 0 Å². The minimum atomic E-state index is -0.248. The number of hydrogen-bond acceptors (Lipinski definition) is 3. The molecule has 0 aromatic carbocycles. The van der Waals surface area contributed by atoms with Crippen LogP contribution < -0.4 is 0 Å². The number of halogens is 1. The predicted molar refractivity (Wildman–Crippen MR) is 65.5 cm³/mol. The largest absolute Gasteiger partial charge is 0.392 e. The van der Waals surface area contributed by atoms with E-state index in [2.05, 4.69) is 27.9 Å². The maximum absolute atomic E-state index is 9.33. The van der Waals surface area contributed by atoms with Crippen molar-refractivity contribution in [3.63, 3.8) is 0 Å². The topological polar surface area (TPSA) is 32.7 Å². The van der Waals surface area contributed by atoms with E-state index in [-0.39, 0.29) is 6.10 Å². The molecule has 0 saturated carbocycles. The molecule has 0 aromatic heterocycles. The summed E-state index contributed by atoms with van der Waals surface area (Å²) in [6, 6.07) is 0. The van der Waals surface area contributed by atoms with Gasteiger partial charge in [0.2, 0.25) is 0 Å². The van der Waals surface area contributed by atoms with Gasteiger partial charge in [0, 0.05) is 31.6 Å². The Bertz CT molecular complexity index is 181. The predicted octanol–water partition coefficient (Wildman–Crippen LogP) is 1.49. The molecule has 1 saturated heterocycles. The molecular formula is C11H22BrNO2. The summed E-state index contributed by atoms with van der Waals surface area (Å²) in [7, 11) is 2.08. The Balaban J connectivity index is 2.43. The lowest BCUT2D eigenvalue weighted by molar-refractivity contribution is 0.00669. The first kappa shape index (κ1) is 13.4. The lowest BCUT2D eigenvalue weighted by atomic mass is 9.82. The molecule has 1 heterocycles. The molecule has 0 spiro atoms. The third-order valence-electron chi connectivity index (χ3n) is 3.02. The van der Waals surface area contributed by atoms with E-state index in [4.69, 9.17) is 4.74 Å². The maximum atomic E-state index is 9.33. The molecule has 15 heavy (non-hydrogen) atoms. The molecule has 1 aliphatic heterocycles. The van der Waals surface area contributed by atoms with Gasteiger partial charge in [0.05, 0.1) is 6.10 Å². The van der Waals surface area contributed by atoms with Crippen molar-refractivity contribution in [1.29, 1.82) is 0 Å². The Kier molecular flexibility index (Phi) is 5.53. The standard InChI is InChI=1S/C11H22BrNO2/c1-10(14)7-13(2)9-11(8-12)3-5-15-6-4-11/h10,14H,3-9H2,1-2H3. The highest BCUT2D eigenvalue weighted by Crippen LogP contribution is 2.33. The molecule has 1 atom stereocenters. The summed E-state index contributed by atoms with van der Waals surface area (Å²) in [5.41, 5.74) is 0.335. The van der Waals surface area contributed by atoms with Crippen LogP contribution in [-0.2, 0) is 4.74 Å². The van der Waals surface area contributed by atoms with Crippen molar-refractivity contribution in [3.8, 4) is 0 Å². The molecule has 0 amide bonds. The van der Waals surface area contributed by atoms with Gasteiger partial charge in [0.1, 0.15) is 0 Å². The van der Waals surface area contributed by atoms with E-state index in [1.807, 2.05) is 6.92 Å². The van der Waals surface area contributed by atoms with Crippen LogP contribution in [0.3, 0.4) is 0 Å². The Hall–Kier alpha value is 0.360. The molecule has 0 aliphatic carbocycles. The van der Waals surface area contributed by atoms with Crippen LogP contribution in [0.5, 0.6) is 0 Å². The summed E-state index contributed by atoms with van der Waals surface area (Å²) in [6.45, 7) is 5.35. The van der Waals surface area contributed by atoms with Gasteiger partial charge < -0.3 is 14.7 Å². The first-order chi connectivity index (χ1) is 7.08. The highest BCUT2D eigenvalue weighted by Gasteiger charge is 2.32. The molecule has 4 heteroatoms. The van der Waals surface area contributed by atoms with E-state index in [0.717, 1.165) is 44.5 Å². The molecule has 90 valence electrons. The summed E-state index contributed by atoms with van der Waals surface area (Å²) < 4.78 is 5.40. The van der Waals surface area contributed by atoms with E-state index in [0.29, 0.717) is 5.41 Å². The van der Waals surface area contributed by atoms with Crippen molar-refractivity contribution < 1.29 is 9.84 Å². The normalized spacial score (nSPS) is 23.0. The molecular weight excluding hydrogens is 258 g/mol. The highest BCUT2D eigenvalue weighted by atomic mass is 79.9. The third-order valence-corrected chi connectivity index (χ3v) is 4.21. The van der Waals surface area contributed by atoms with Crippen LogP contribution in [0.2, 0.25) is 0 Å². The molecule has 1 unspecified atom stereocenters. The van der Waals surface area contributed by atoms with Crippen molar-refractivity contribution >= 4 is 15.9 Å². The zero-order valence-electron chi connectivity index (χ0n) is 9.71. The van der Waals surface area contributed by atoms with Crippen LogP contribution in [0.25, 0.3) is 0 Å². The zero-order valence-corrected chi connectivity index (χ0v) is 11.3. The number of alkyl halides is 1. The number of rotatable bonds is 5. The maximum Gasteiger partial charge on any atom is 0.0638 e. The molecule has 0 radical (unpaired) electrons. The Morgan fingerprint density at radius 3 is 2.53 bits per heavy atom. The van der Waals surface area contributed by atoms with Crippen LogP contribution in [-0.4, -0.2) is 54.8 Å². The number of likely N-dealkylation sites (N-methyl/N-ethyl adjacent to an activating group) is 1. The number of aliphatic hydroxyl groups is 1. The summed E-state index contributed by atoms with van der Waals surface area (Å²) in [6.07, 6.45) is 1.98. The van der Waals surface area contributed by atoms with E-state index in [1.165, 1.54) is 0 Å². The molecule has 1 N–H and O–H groups in total. The fraction of sp³-hybridized carbons (Fsp3) is 1.00. The van der Waals surface area contributed by atoms with Gasteiger partial charge in [-0.25, -0.2) is 0 Å². The number of hydrogen-bond donors (Lipinski definition) is 1. The monoisotopic (exact) mass is 279 g/mol. The van der Waals surface area contributed by atoms with E-state index >= 15 is 0 Å². The first-order valence-electron chi connectivity index (χ1n) is 5.58. The Morgan fingerprint density at radius 2 is 2.07 bits per heavy atom. The quantitative estimate of drug-likeness (QED) is 0.775. The van der Waals surface area contributed by atoms with Crippen molar-refractivity contribution in [2.75, 3.05) is 38.7 Å². The number of ether oxygens (including phenoxy) is 1. The SMILES string of the molecule is CC(O)CN(C)CC1(CBr)CCOCC1. The molecule has 1 fully saturated rings. The van der Waals surface area contributed by atoms with Gasteiger partial charge in [-0.2, -0.15) is 0 Å². The molecule has 0 aromatic rings. The zero-order chi connectivity index (χ0) is 11.3. The smallest absolute Gasteiger partial charge is 0.0638 e. The Morgan fingerprint density at radius 1 is 1.47 bits per heavy atom. The van der Waals surface area contributed by atoms with Gasteiger partial charge in [-0.3, -0.25) is 0 Å². The van der Waals surface area contributed by atoms with Crippen LogP contribution in [0.4, 0.5) is 0 Å². The lowest BCUT2D eigenvalue weighted by Crippen LogP contribution is -2.43. The average Bonchev–Trinajstić information content (AvgIpc) is 2.17. The fourth-order valence-corrected chi connectivity index (χ4v) is 2.96. The summed E-state index contributed by atoms with van der Waals surface area (Å²) in [4.78, 5) is 2.22. The second-order valence-electron chi connectivity index (χ2n) is 4.79. The van der Waals surface area contributed by atoms with Crippen LogP contribution in [0, 0.1) is 5.41 Å². The van der Waals surface area contributed by atoms with E-state index < -0.39 is 0 Å². The van der Waals surface area contributed by atoms with Gasteiger partial charge in [-0.1, -0.05) is 15.9 Å². The molecule has 1 rings (SSSR count). The van der Waals surface area contributed by atoms with Gasteiger partial charge in [0.15, 0.2) is 0 Å². The van der Waals surface area contributed by atoms with Crippen LogP contribution in [0.15, 0.2) is 0 Å². The fourth-order valence-electron chi connectivity index (χ4n) is 2.23. The summed E-state index contributed by atoms with van der Waals surface area (Å²) >= 11 is 3.62. The third kappa shape index (κ3) is 4.39. The Labute approximate surface area is 101 Å². The minimum absolute atomic E-state index is 0.248. The van der Waals surface area contributed by atoms with Crippen molar-refractivity contribution in [2.24, 2.45) is 5.41 Å². The highest BCUT2D eigenvalue weighted by molar-refractivity contribution is 9.09. The second kappa shape index (κ2) is 6.18. The van der Waals surface area contributed by atoms with Crippen molar-refractivity contribution in [3.05, 3.63) is 0 Å². The van der Waals surface area contributed by atoms with Crippen LogP contribution >= 0.6 is 15.9 Å². The minimum Gasteiger partial charge on any atom is -0.392 e.